The molecule has 0 aromatic heterocycles. The SMILES string of the molecule is O=CC=CC=CC1=Cc2cc(Br)ccc2OC1. The summed E-state index contributed by atoms with van der Waals surface area (Å²) in [5.41, 5.74) is 2.13. The van der Waals surface area contributed by atoms with Gasteiger partial charge in [-0.15, -0.1) is 0 Å². The predicted octanol–water partition coefficient (Wildman–Crippen LogP) is 3.54. The van der Waals surface area contributed by atoms with E-state index in [2.05, 4.69) is 22.0 Å². The Hall–Kier alpha value is -1.61. The first-order valence-electron chi connectivity index (χ1n) is 5.21. The molecular formula is C14H11BrO2. The number of carbonyl (C=O) groups is 1. The van der Waals surface area contributed by atoms with Crippen LogP contribution in [0.3, 0.4) is 0 Å². The van der Waals surface area contributed by atoms with E-state index < -0.39 is 0 Å². The Morgan fingerprint density at radius 2 is 2.12 bits per heavy atom. The van der Waals surface area contributed by atoms with E-state index in [1.54, 1.807) is 6.08 Å². The average Bonchev–Trinajstić information content (AvgIpc) is 2.34. The number of hydrogen-bond acceptors (Lipinski definition) is 2. The van der Waals surface area contributed by atoms with Crippen LogP contribution in [0.4, 0.5) is 0 Å². The molecule has 1 heterocycles. The second kappa shape index (κ2) is 5.64. The monoisotopic (exact) mass is 290 g/mol. The lowest BCUT2D eigenvalue weighted by Gasteiger charge is -2.16. The van der Waals surface area contributed by atoms with Gasteiger partial charge >= 0.3 is 0 Å². The van der Waals surface area contributed by atoms with Crippen LogP contribution < -0.4 is 4.74 Å². The molecule has 0 fully saturated rings. The number of aldehydes is 1. The van der Waals surface area contributed by atoms with E-state index in [1.807, 2.05) is 30.4 Å². The fourth-order valence-electron chi connectivity index (χ4n) is 1.55. The average molecular weight is 291 g/mol. The molecule has 0 radical (unpaired) electrons. The molecule has 0 amide bonds. The molecule has 2 rings (SSSR count). The van der Waals surface area contributed by atoms with Crippen LogP contribution in [-0.2, 0) is 4.79 Å². The van der Waals surface area contributed by atoms with E-state index in [1.165, 1.54) is 6.08 Å². The van der Waals surface area contributed by atoms with E-state index in [4.69, 9.17) is 4.74 Å². The van der Waals surface area contributed by atoms with Crippen molar-refractivity contribution in [3.8, 4) is 5.75 Å². The van der Waals surface area contributed by atoms with Gasteiger partial charge in [-0.3, -0.25) is 4.79 Å². The Bertz CT molecular complexity index is 513. The summed E-state index contributed by atoms with van der Waals surface area (Å²) >= 11 is 3.43. The maximum absolute atomic E-state index is 10.1. The molecule has 1 aliphatic heterocycles. The molecule has 86 valence electrons. The quantitative estimate of drug-likeness (QED) is 0.484. The van der Waals surface area contributed by atoms with E-state index in [0.717, 1.165) is 27.6 Å². The maximum Gasteiger partial charge on any atom is 0.142 e. The van der Waals surface area contributed by atoms with Crippen LogP contribution in [0.25, 0.3) is 6.08 Å². The van der Waals surface area contributed by atoms with Crippen molar-refractivity contribution in [2.24, 2.45) is 0 Å². The Morgan fingerprint density at radius 3 is 2.94 bits per heavy atom. The Morgan fingerprint density at radius 1 is 1.24 bits per heavy atom. The number of fused-ring (bicyclic) bond motifs is 1. The molecule has 0 aliphatic carbocycles. The number of allylic oxidation sites excluding steroid dienone is 3. The van der Waals surface area contributed by atoms with Gasteiger partial charge in [-0.05, 0) is 35.9 Å². The molecule has 3 heteroatoms. The van der Waals surface area contributed by atoms with Gasteiger partial charge in [-0.25, -0.2) is 0 Å². The fraction of sp³-hybridized carbons (Fsp3) is 0.0714. The lowest BCUT2D eigenvalue weighted by atomic mass is 10.1. The van der Waals surface area contributed by atoms with Crippen LogP contribution in [0.1, 0.15) is 5.56 Å². The van der Waals surface area contributed by atoms with Gasteiger partial charge in [-0.1, -0.05) is 34.2 Å². The zero-order valence-corrected chi connectivity index (χ0v) is 10.7. The molecule has 1 aromatic rings. The van der Waals surface area contributed by atoms with Gasteiger partial charge < -0.3 is 4.74 Å². The summed E-state index contributed by atoms with van der Waals surface area (Å²) < 4.78 is 6.64. The van der Waals surface area contributed by atoms with Crippen LogP contribution in [0.15, 0.2) is 52.5 Å². The molecule has 1 aliphatic rings. The smallest absolute Gasteiger partial charge is 0.142 e. The van der Waals surface area contributed by atoms with Crippen LogP contribution >= 0.6 is 15.9 Å². The van der Waals surface area contributed by atoms with Gasteiger partial charge in [0, 0.05) is 10.0 Å². The third-order valence-corrected chi connectivity index (χ3v) is 2.81. The first-order valence-corrected chi connectivity index (χ1v) is 6.00. The van der Waals surface area contributed by atoms with Crippen molar-refractivity contribution in [3.63, 3.8) is 0 Å². The zero-order chi connectivity index (χ0) is 12.1. The van der Waals surface area contributed by atoms with Crippen molar-refractivity contribution >= 4 is 28.3 Å². The maximum atomic E-state index is 10.1. The van der Waals surface area contributed by atoms with Gasteiger partial charge in [0.2, 0.25) is 0 Å². The third kappa shape index (κ3) is 3.17. The largest absolute Gasteiger partial charge is 0.488 e. The number of benzene rings is 1. The highest BCUT2D eigenvalue weighted by molar-refractivity contribution is 9.10. The van der Waals surface area contributed by atoms with Crippen LogP contribution in [0, 0.1) is 0 Å². The number of carbonyl (C=O) groups excluding carboxylic acids is 1. The summed E-state index contributed by atoms with van der Waals surface area (Å²) in [5.74, 6) is 0.897. The normalized spacial score (nSPS) is 14.5. The van der Waals surface area contributed by atoms with Crippen molar-refractivity contribution in [1.82, 2.24) is 0 Å². The highest BCUT2D eigenvalue weighted by Gasteiger charge is 2.09. The molecule has 0 N–H and O–H groups in total. The van der Waals surface area contributed by atoms with Gasteiger partial charge in [0.05, 0.1) is 0 Å². The second-order valence-electron chi connectivity index (χ2n) is 3.57. The van der Waals surface area contributed by atoms with Gasteiger partial charge in [0.25, 0.3) is 0 Å². The van der Waals surface area contributed by atoms with Crippen molar-refractivity contribution in [3.05, 3.63) is 58.1 Å². The van der Waals surface area contributed by atoms with E-state index >= 15 is 0 Å². The standard InChI is InChI=1S/C14H11BrO2/c15-13-5-6-14-12(9-13)8-11(10-17-14)4-2-1-3-7-16/h1-9H,10H2. The molecule has 17 heavy (non-hydrogen) atoms. The highest BCUT2D eigenvalue weighted by atomic mass is 79.9. The molecule has 0 bridgehead atoms. The predicted molar refractivity (Wildman–Crippen MR) is 72.0 cm³/mol. The van der Waals surface area contributed by atoms with E-state index in [9.17, 15) is 4.79 Å². The van der Waals surface area contributed by atoms with Crippen LogP contribution in [0.2, 0.25) is 0 Å². The topological polar surface area (TPSA) is 26.3 Å². The minimum Gasteiger partial charge on any atom is -0.488 e. The summed E-state index contributed by atoms with van der Waals surface area (Å²) in [4.78, 5) is 10.1. The third-order valence-electron chi connectivity index (χ3n) is 2.32. The highest BCUT2D eigenvalue weighted by Crippen LogP contribution is 2.29. The number of ether oxygens (including phenoxy) is 1. The molecule has 1 aromatic carbocycles. The zero-order valence-electron chi connectivity index (χ0n) is 9.10. The van der Waals surface area contributed by atoms with Crippen LogP contribution in [-0.4, -0.2) is 12.9 Å². The lowest BCUT2D eigenvalue weighted by molar-refractivity contribution is -0.104. The Kier molecular flexibility index (Phi) is 3.94. The first-order chi connectivity index (χ1) is 8.29. The first kappa shape index (κ1) is 11.9. The minimum atomic E-state index is 0.556. The molecular weight excluding hydrogens is 280 g/mol. The Balaban J connectivity index is 2.19. The van der Waals surface area contributed by atoms with E-state index in [0.29, 0.717) is 6.61 Å². The molecule has 0 spiro atoms. The number of halogens is 1. The van der Waals surface area contributed by atoms with Crippen molar-refractivity contribution in [2.75, 3.05) is 6.61 Å². The molecule has 0 atom stereocenters. The second-order valence-corrected chi connectivity index (χ2v) is 4.49. The van der Waals surface area contributed by atoms with Gasteiger partial charge in [-0.2, -0.15) is 0 Å². The lowest BCUT2D eigenvalue weighted by Crippen LogP contribution is -2.05. The molecule has 0 unspecified atom stereocenters. The number of hydrogen-bond donors (Lipinski definition) is 0. The van der Waals surface area contributed by atoms with E-state index in [-0.39, 0.29) is 0 Å². The summed E-state index contributed by atoms with van der Waals surface area (Å²) in [6.07, 6.45) is 9.74. The summed E-state index contributed by atoms with van der Waals surface area (Å²) in [6, 6.07) is 5.92. The van der Waals surface area contributed by atoms with Gasteiger partial charge in [0.15, 0.2) is 0 Å². The summed E-state index contributed by atoms with van der Waals surface area (Å²) in [7, 11) is 0. The number of rotatable bonds is 3. The summed E-state index contributed by atoms with van der Waals surface area (Å²) in [6.45, 7) is 0.556. The van der Waals surface area contributed by atoms with Crippen LogP contribution in [0.5, 0.6) is 5.75 Å². The van der Waals surface area contributed by atoms with Crippen molar-refractivity contribution in [2.45, 2.75) is 0 Å². The molecule has 0 saturated carbocycles. The molecule has 2 nitrogen and oxygen atoms in total. The summed E-state index contributed by atoms with van der Waals surface area (Å²) in [5, 5.41) is 0. The van der Waals surface area contributed by atoms with Crippen molar-refractivity contribution < 1.29 is 9.53 Å². The minimum absolute atomic E-state index is 0.556. The Labute approximate surface area is 108 Å². The van der Waals surface area contributed by atoms with Crippen molar-refractivity contribution in [1.29, 1.82) is 0 Å². The van der Waals surface area contributed by atoms with Gasteiger partial charge in [0.1, 0.15) is 18.6 Å². The molecule has 0 saturated heterocycles. The fourth-order valence-corrected chi connectivity index (χ4v) is 1.93.